The lowest BCUT2D eigenvalue weighted by Crippen LogP contribution is -2.46. The van der Waals surface area contributed by atoms with Gasteiger partial charge in [0, 0.05) is 17.6 Å². The van der Waals surface area contributed by atoms with Crippen LogP contribution in [0.5, 0.6) is 0 Å². The number of fused-ring (bicyclic) bond motifs is 1. The van der Waals surface area contributed by atoms with Crippen LogP contribution in [0.1, 0.15) is 53.6 Å². The molecule has 3 N–H and O–H groups in total. The summed E-state index contributed by atoms with van der Waals surface area (Å²) >= 11 is 0. The first kappa shape index (κ1) is 13.6. The maximum Gasteiger partial charge on any atom is 0.251 e. The Morgan fingerprint density at radius 2 is 1.95 bits per heavy atom. The smallest absolute Gasteiger partial charge is 0.251 e. The van der Waals surface area contributed by atoms with Gasteiger partial charge in [0.15, 0.2) is 0 Å². The van der Waals surface area contributed by atoms with Gasteiger partial charge in [-0.05, 0) is 36.1 Å². The van der Waals surface area contributed by atoms with Crippen molar-refractivity contribution in [3.63, 3.8) is 0 Å². The van der Waals surface area contributed by atoms with Gasteiger partial charge in [0.25, 0.3) is 5.91 Å². The number of rotatable bonds is 2. The van der Waals surface area contributed by atoms with E-state index in [9.17, 15) is 4.79 Å². The van der Waals surface area contributed by atoms with Gasteiger partial charge < -0.3 is 15.8 Å². The fraction of sp³-hybridized carbons (Fsp3) is 0.562. The van der Waals surface area contributed by atoms with E-state index in [1.807, 2.05) is 18.2 Å². The van der Waals surface area contributed by atoms with Gasteiger partial charge in [-0.15, -0.1) is 0 Å². The molecule has 1 amide bonds. The van der Waals surface area contributed by atoms with Crippen LogP contribution in [-0.4, -0.2) is 18.0 Å². The van der Waals surface area contributed by atoms with E-state index in [1.54, 1.807) is 0 Å². The summed E-state index contributed by atoms with van der Waals surface area (Å²) in [6.45, 7) is 1.27. The molecule has 1 fully saturated rings. The molecule has 1 aromatic carbocycles. The Kier molecular flexibility index (Phi) is 4.03. The zero-order valence-corrected chi connectivity index (χ0v) is 11.7. The topological polar surface area (TPSA) is 64.3 Å². The summed E-state index contributed by atoms with van der Waals surface area (Å²) in [5.74, 6) is -0.0120. The first-order valence-electron chi connectivity index (χ1n) is 7.50. The summed E-state index contributed by atoms with van der Waals surface area (Å²) in [5.41, 5.74) is 9.19. The minimum Gasteiger partial charge on any atom is -0.372 e. The zero-order chi connectivity index (χ0) is 13.9. The molecule has 1 aliphatic carbocycles. The third-order valence-corrected chi connectivity index (χ3v) is 4.37. The fourth-order valence-electron chi connectivity index (χ4n) is 3.08. The summed E-state index contributed by atoms with van der Waals surface area (Å²) in [7, 11) is 0. The van der Waals surface area contributed by atoms with Crippen molar-refractivity contribution >= 4 is 5.91 Å². The highest BCUT2D eigenvalue weighted by Gasteiger charge is 2.23. The molecule has 0 spiro atoms. The molecule has 1 aliphatic heterocycles. The van der Waals surface area contributed by atoms with Gasteiger partial charge in [0.2, 0.25) is 0 Å². The molecule has 2 unspecified atom stereocenters. The van der Waals surface area contributed by atoms with E-state index < -0.39 is 0 Å². The maximum atomic E-state index is 12.4. The molecule has 1 saturated carbocycles. The lowest BCUT2D eigenvalue weighted by atomic mass is 10.0. The number of hydrogen-bond donors (Lipinski definition) is 2. The minimum absolute atomic E-state index is 0.0120. The highest BCUT2D eigenvalue weighted by atomic mass is 16.5. The molecular formula is C16H22N2O2. The normalized spacial score (nSPS) is 25.9. The number of hydrogen-bond acceptors (Lipinski definition) is 3. The van der Waals surface area contributed by atoms with Crippen molar-refractivity contribution in [2.45, 2.75) is 57.4 Å². The standard InChI is InChI=1S/C16H22N2O2/c17-14-4-2-1-3-5-15(14)18-16(19)11-6-7-12-9-20-10-13(12)8-11/h6-8,14-15H,1-5,9-10,17H2,(H,18,19). The number of nitrogens with one attached hydrogen (secondary N) is 1. The van der Waals surface area contributed by atoms with Gasteiger partial charge in [-0.1, -0.05) is 25.3 Å². The van der Waals surface area contributed by atoms with Crippen LogP contribution >= 0.6 is 0 Å². The second-order valence-corrected chi connectivity index (χ2v) is 5.86. The maximum absolute atomic E-state index is 12.4. The van der Waals surface area contributed by atoms with E-state index in [2.05, 4.69) is 5.32 Å². The van der Waals surface area contributed by atoms with Crippen LogP contribution in [0.25, 0.3) is 0 Å². The van der Waals surface area contributed by atoms with E-state index in [0.717, 1.165) is 24.8 Å². The molecule has 2 aliphatic rings. The molecule has 4 nitrogen and oxygen atoms in total. The molecule has 0 bridgehead atoms. The van der Waals surface area contributed by atoms with E-state index in [4.69, 9.17) is 10.5 Å². The van der Waals surface area contributed by atoms with Crippen LogP contribution in [0.2, 0.25) is 0 Å². The van der Waals surface area contributed by atoms with Gasteiger partial charge in [-0.2, -0.15) is 0 Å². The Balaban J connectivity index is 1.69. The van der Waals surface area contributed by atoms with Crippen LogP contribution in [0, 0.1) is 0 Å². The second-order valence-electron chi connectivity index (χ2n) is 5.86. The van der Waals surface area contributed by atoms with Gasteiger partial charge in [0.1, 0.15) is 0 Å². The lowest BCUT2D eigenvalue weighted by molar-refractivity contribution is 0.0928. The predicted molar refractivity (Wildman–Crippen MR) is 77.2 cm³/mol. The monoisotopic (exact) mass is 274 g/mol. The molecule has 1 heterocycles. The number of carbonyl (C=O) groups excluding carboxylic acids is 1. The number of nitrogens with two attached hydrogens (primary N) is 1. The van der Waals surface area contributed by atoms with Crippen molar-refractivity contribution in [2.24, 2.45) is 5.73 Å². The van der Waals surface area contributed by atoms with E-state index in [1.165, 1.54) is 18.4 Å². The van der Waals surface area contributed by atoms with Crippen LogP contribution in [0.3, 0.4) is 0 Å². The molecule has 1 aromatic rings. The number of ether oxygens (including phenoxy) is 1. The molecule has 0 radical (unpaired) electrons. The van der Waals surface area contributed by atoms with Crippen LogP contribution in [-0.2, 0) is 18.0 Å². The van der Waals surface area contributed by atoms with Crippen LogP contribution < -0.4 is 11.1 Å². The first-order chi connectivity index (χ1) is 9.74. The Labute approximate surface area is 119 Å². The number of benzene rings is 1. The van der Waals surface area contributed by atoms with E-state index in [0.29, 0.717) is 18.8 Å². The predicted octanol–water partition coefficient (Wildman–Crippen LogP) is 2.11. The SMILES string of the molecule is NC1CCCCCC1NC(=O)c1ccc2c(c1)COC2. The van der Waals surface area contributed by atoms with Crippen molar-refractivity contribution in [3.05, 3.63) is 34.9 Å². The molecule has 2 atom stereocenters. The molecular weight excluding hydrogens is 252 g/mol. The molecule has 108 valence electrons. The van der Waals surface area contributed by atoms with Crippen LogP contribution in [0.4, 0.5) is 0 Å². The summed E-state index contributed by atoms with van der Waals surface area (Å²) in [6, 6.07) is 6.00. The first-order valence-corrected chi connectivity index (χ1v) is 7.50. The number of carbonyl (C=O) groups is 1. The third-order valence-electron chi connectivity index (χ3n) is 4.37. The van der Waals surface area contributed by atoms with E-state index >= 15 is 0 Å². The third kappa shape index (κ3) is 2.86. The summed E-state index contributed by atoms with van der Waals surface area (Å²) in [4.78, 5) is 12.4. The number of amides is 1. The summed E-state index contributed by atoms with van der Waals surface area (Å²) < 4.78 is 5.38. The average molecular weight is 274 g/mol. The largest absolute Gasteiger partial charge is 0.372 e. The quantitative estimate of drug-likeness (QED) is 0.812. The van der Waals surface area contributed by atoms with Gasteiger partial charge in [0.05, 0.1) is 13.2 Å². The lowest BCUT2D eigenvalue weighted by Gasteiger charge is -2.22. The highest BCUT2D eigenvalue weighted by Crippen LogP contribution is 2.21. The molecule has 0 saturated heterocycles. The van der Waals surface area contributed by atoms with Crippen molar-refractivity contribution in [3.8, 4) is 0 Å². The Morgan fingerprint density at radius 1 is 1.15 bits per heavy atom. The van der Waals surface area contributed by atoms with E-state index in [-0.39, 0.29) is 18.0 Å². The van der Waals surface area contributed by atoms with Crippen LogP contribution in [0.15, 0.2) is 18.2 Å². The van der Waals surface area contributed by atoms with Crippen molar-refractivity contribution in [2.75, 3.05) is 0 Å². The summed E-state index contributed by atoms with van der Waals surface area (Å²) in [5, 5.41) is 3.11. The Bertz CT molecular complexity index is 501. The van der Waals surface area contributed by atoms with Crippen molar-refractivity contribution in [1.29, 1.82) is 0 Å². The summed E-state index contributed by atoms with van der Waals surface area (Å²) in [6.07, 6.45) is 5.53. The molecule has 0 aromatic heterocycles. The highest BCUT2D eigenvalue weighted by molar-refractivity contribution is 5.94. The second kappa shape index (κ2) is 5.94. The zero-order valence-electron chi connectivity index (χ0n) is 11.7. The minimum atomic E-state index is -0.0120. The molecule has 20 heavy (non-hydrogen) atoms. The Morgan fingerprint density at radius 3 is 2.85 bits per heavy atom. The van der Waals surface area contributed by atoms with Crippen molar-refractivity contribution < 1.29 is 9.53 Å². The van der Waals surface area contributed by atoms with Gasteiger partial charge >= 0.3 is 0 Å². The average Bonchev–Trinajstić information content (AvgIpc) is 2.83. The van der Waals surface area contributed by atoms with Gasteiger partial charge in [-0.25, -0.2) is 0 Å². The fourth-order valence-corrected chi connectivity index (χ4v) is 3.08. The van der Waals surface area contributed by atoms with Gasteiger partial charge in [-0.3, -0.25) is 4.79 Å². The molecule has 3 rings (SSSR count). The molecule has 4 heteroatoms. The van der Waals surface area contributed by atoms with Crippen molar-refractivity contribution in [1.82, 2.24) is 5.32 Å². The Hall–Kier alpha value is -1.39.